The van der Waals surface area contributed by atoms with E-state index in [9.17, 15) is 4.79 Å². The average molecular weight is 384 g/mol. The molecular formula is C20H18ClN3O3. The summed E-state index contributed by atoms with van der Waals surface area (Å²) in [4.78, 5) is 16.5. The minimum absolute atomic E-state index is 0.250. The highest BCUT2D eigenvalue weighted by atomic mass is 35.5. The second kappa shape index (κ2) is 8.42. The quantitative estimate of drug-likeness (QED) is 0.642. The van der Waals surface area contributed by atoms with Crippen LogP contribution in [0.2, 0.25) is 5.02 Å². The van der Waals surface area contributed by atoms with Crippen molar-refractivity contribution >= 4 is 34.7 Å². The number of nitrogens with one attached hydrogen (secondary N) is 2. The molecule has 3 aromatic rings. The molecule has 2 N–H and O–H groups in total. The first kappa shape index (κ1) is 18.5. The number of carbonyl (C=O) groups is 1. The van der Waals surface area contributed by atoms with Crippen molar-refractivity contribution in [1.29, 1.82) is 0 Å². The van der Waals surface area contributed by atoms with Crippen LogP contribution in [0.3, 0.4) is 0 Å². The van der Waals surface area contributed by atoms with Gasteiger partial charge < -0.3 is 20.1 Å². The van der Waals surface area contributed by atoms with Crippen molar-refractivity contribution in [2.75, 3.05) is 24.9 Å². The summed E-state index contributed by atoms with van der Waals surface area (Å²) in [5.41, 5.74) is 2.10. The molecular weight excluding hydrogens is 366 g/mol. The van der Waals surface area contributed by atoms with E-state index in [0.717, 1.165) is 11.4 Å². The van der Waals surface area contributed by atoms with Gasteiger partial charge in [0.1, 0.15) is 5.82 Å². The Balaban J connectivity index is 1.66. The van der Waals surface area contributed by atoms with Crippen LogP contribution in [0.4, 0.5) is 17.2 Å². The van der Waals surface area contributed by atoms with Gasteiger partial charge in [-0.15, -0.1) is 0 Å². The zero-order valence-corrected chi connectivity index (χ0v) is 15.6. The molecule has 1 aromatic heterocycles. The molecule has 1 amide bonds. The van der Waals surface area contributed by atoms with Gasteiger partial charge in [-0.1, -0.05) is 11.6 Å². The fourth-order valence-electron chi connectivity index (χ4n) is 2.41. The predicted molar refractivity (Wildman–Crippen MR) is 106 cm³/mol. The summed E-state index contributed by atoms with van der Waals surface area (Å²) in [6.45, 7) is 0. The molecule has 0 bridgehead atoms. The van der Waals surface area contributed by atoms with Gasteiger partial charge in [0, 0.05) is 22.3 Å². The lowest BCUT2D eigenvalue weighted by molar-refractivity contribution is 0.102. The molecule has 0 saturated heterocycles. The van der Waals surface area contributed by atoms with Gasteiger partial charge in [0.25, 0.3) is 5.91 Å². The van der Waals surface area contributed by atoms with Gasteiger partial charge >= 0.3 is 0 Å². The lowest BCUT2D eigenvalue weighted by Crippen LogP contribution is -2.12. The van der Waals surface area contributed by atoms with Crippen LogP contribution in [0, 0.1) is 0 Å². The van der Waals surface area contributed by atoms with Crippen molar-refractivity contribution in [1.82, 2.24) is 4.98 Å². The number of aromatic nitrogens is 1. The number of ether oxygens (including phenoxy) is 2. The number of carbonyl (C=O) groups excluding carboxylic acids is 1. The van der Waals surface area contributed by atoms with Crippen molar-refractivity contribution < 1.29 is 14.3 Å². The molecule has 0 aliphatic heterocycles. The fourth-order valence-corrected chi connectivity index (χ4v) is 2.54. The third-order valence-electron chi connectivity index (χ3n) is 3.78. The molecule has 1 heterocycles. The molecule has 2 aromatic carbocycles. The molecule has 0 unspecified atom stereocenters. The van der Waals surface area contributed by atoms with Crippen LogP contribution in [0.25, 0.3) is 0 Å². The number of benzene rings is 2. The van der Waals surface area contributed by atoms with Gasteiger partial charge in [-0.2, -0.15) is 0 Å². The Morgan fingerprint density at radius 2 is 1.63 bits per heavy atom. The maximum Gasteiger partial charge on any atom is 0.256 e. The third-order valence-corrected chi connectivity index (χ3v) is 4.04. The van der Waals surface area contributed by atoms with Crippen LogP contribution in [0.15, 0.2) is 60.8 Å². The first-order valence-corrected chi connectivity index (χ1v) is 8.49. The minimum Gasteiger partial charge on any atom is -0.493 e. The highest BCUT2D eigenvalue weighted by molar-refractivity contribution is 6.30. The summed E-state index contributed by atoms with van der Waals surface area (Å²) in [6, 6.07) is 15.7. The van der Waals surface area contributed by atoms with E-state index in [-0.39, 0.29) is 5.91 Å². The van der Waals surface area contributed by atoms with Gasteiger partial charge in [-0.25, -0.2) is 4.98 Å². The van der Waals surface area contributed by atoms with Crippen LogP contribution in [0.5, 0.6) is 11.5 Å². The first-order chi connectivity index (χ1) is 13.1. The zero-order chi connectivity index (χ0) is 19.2. The number of hydrogen-bond donors (Lipinski definition) is 2. The Bertz CT molecular complexity index is 928. The molecule has 0 saturated carbocycles. The smallest absolute Gasteiger partial charge is 0.256 e. The number of rotatable bonds is 6. The van der Waals surface area contributed by atoms with E-state index in [0.29, 0.717) is 27.9 Å². The number of nitrogens with zero attached hydrogens (tertiary/aromatic N) is 1. The van der Waals surface area contributed by atoms with Gasteiger partial charge in [0.2, 0.25) is 0 Å². The van der Waals surface area contributed by atoms with Crippen molar-refractivity contribution in [3.8, 4) is 11.5 Å². The Hall–Kier alpha value is -3.25. The molecule has 7 heteroatoms. The number of hydrogen-bond acceptors (Lipinski definition) is 5. The number of anilines is 3. The highest BCUT2D eigenvalue weighted by Gasteiger charge is 2.08. The molecule has 0 fully saturated rings. The van der Waals surface area contributed by atoms with Crippen LogP contribution in [-0.2, 0) is 0 Å². The van der Waals surface area contributed by atoms with Crippen LogP contribution < -0.4 is 20.1 Å². The molecule has 0 aliphatic carbocycles. The highest BCUT2D eigenvalue weighted by Crippen LogP contribution is 2.31. The maximum absolute atomic E-state index is 12.2. The van der Waals surface area contributed by atoms with Gasteiger partial charge in [0.05, 0.1) is 26.1 Å². The van der Waals surface area contributed by atoms with E-state index in [1.807, 2.05) is 24.3 Å². The number of pyridine rings is 1. The van der Waals surface area contributed by atoms with E-state index >= 15 is 0 Å². The summed E-state index contributed by atoms with van der Waals surface area (Å²) in [7, 11) is 3.17. The predicted octanol–water partition coefficient (Wildman–Crippen LogP) is 4.75. The van der Waals surface area contributed by atoms with E-state index in [1.54, 1.807) is 50.7 Å². The fraction of sp³-hybridized carbons (Fsp3) is 0.100. The zero-order valence-electron chi connectivity index (χ0n) is 14.8. The van der Waals surface area contributed by atoms with E-state index in [1.165, 1.54) is 0 Å². The Labute approximate surface area is 162 Å². The molecule has 0 aliphatic rings. The number of amides is 1. The topological polar surface area (TPSA) is 72.5 Å². The SMILES string of the molecule is COc1ccc(Nc2ccc(NC(=O)c3ccc(Cl)cc3)nc2)cc1OC. The van der Waals surface area contributed by atoms with Crippen molar-refractivity contribution in [3.05, 3.63) is 71.4 Å². The molecule has 0 atom stereocenters. The normalized spacial score (nSPS) is 10.2. The molecule has 138 valence electrons. The maximum atomic E-state index is 12.2. The second-order valence-electron chi connectivity index (χ2n) is 5.59. The Morgan fingerprint density at radius 3 is 2.26 bits per heavy atom. The number of halogens is 1. The Morgan fingerprint density at radius 1 is 0.926 bits per heavy atom. The first-order valence-electron chi connectivity index (χ1n) is 8.11. The summed E-state index contributed by atoms with van der Waals surface area (Å²) in [6.07, 6.45) is 1.63. The molecule has 6 nitrogen and oxygen atoms in total. The summed E-state index contributed by atoms with van der Waals surface area (Å²) in [5.74, 6) is 1.48. The third kappa shape index (κ3) is 4.68. The van der Waals surface area contributed by atoms with Crippen molar-refractivity contribution in [2.45, 2.75) is 0 Å². The standard InChI is InChI=1S/C20H18ClN3O3/c1-26-17-9-7-15(11-18(17)27-2)23-16-8-10-19(22-12-16)24-20(25)13-3-5-14(21)6-4-13/h3-12,23H,1-2H3,(H,22,24,25). The average Bonchev–Trinajstić information content (AvgIpc) is 2.69. The second-order valence-corrected chi connectivity index (χ2v) is 6.02. The summed E-state index contributed by atoms with van der Waals surface area (Å²) in [5, 5.41) is 6.55. The van der Waals surface area contributed by atoms with Gasteiger partial charge in [-0.3, -0.25) is 4.79 Å². The van der Waals surface area contributed by atoms with Crippen LogP contribution in [0.1, 0.15) is 10.4 Å². The van der Waals surface area contributed by atoms with Gasteiger partial charge in [-0.05, 0) is 48.5 Å². The molecule has 27 heavy (non-hydrogen) atoms. The molecule has 0 spiro atoms. The lowest BCUT2D eigenvalue weighted by Gasteiger charge is -2.11. The Kier molecular flexibility index (Phi) is 5.78. The van der Waals surface area contributed by atoms with Crippen LogP contribution >= 0.6 is 11.6 Å². The van der Waals surface area contributed by atoms with Crippen molar-refractivity contribution in [2.24, 2.45) is 0 Å². The molecule has 3 rings (SSSR count). The molecule has 0 radical (unpaired) electrons. The van der Waals surface area contributed by atoms with Gasteiger partial charge in [0.15, 0.2) is 11.5 Å². The van der Waals surface area contributed by atoms with E-state index in [4.69, 9.17) is 21.1 Å². The monoisotopic (exact) mass is 383 g/mol. The van der Waals surface area contributed by atoms with Crippen molar-refractivity contribution in [3.63, 3.8) is 0 Å². The minimum atomic E-state index is -0.250. The summed E-state index contributed by atoms with van der Waals surface area (Å²) < 4.78 is 10.5. The van der Waals surface area contributed by atoms with E-state index < -0.39 is 0 Å². The largest absolute Gasteiger partial charge is 0.493 e. The van der Waals surface area contributed by atoms with E-state index in [2.05, 4.69) is 15.6 Å². The summed E-state index contributed by atoms with van der Waals surface area (Å²) >= 11 is 5.83. The lowest BCUT2D eigenvalue weighted by atomic mass is 10.2. The van der Waals surface area contributed by atoms with Crippen LogP contribution in [-0.4, -0.2) is 25.1 Å². The number of methoxy groups -OCH3 is 2.